The number of hydrogen-bond donors (Lipinski definition) is 1. The van der Waals surface area contributed by atoms with E-state index in [1.165, 1.54) is 27.9 Å². The van der Waals surface area contributed by atoms with Crippen molar-refractivity contribution in [3.63, 3.8) is 0 Å². The number of nitrogen functional groups attached to an aromatic ring is 1. The second-order valence-corrected chi connectivity index (χ2v) is 6.67. The Morgan fingerprint density at radius 1 is 1.04 bits per heavy atom. The van der Waals surface area contributed by atoms with Crippen LogP contribution in [-0.4, -0.2) is 32.4 Å². The lowest BCUT2D eigenvalue weighted by Gasteiger charge is -2.38. The van der Waals surface area contributed by atoms with E-state index in [-0.39, 0.29) is 0 Å². The highest BCUT2D eigenvalue weighted by atomic mass is 16.5. The minimum absolute atomic E-state index is 0.381. The molecule has 0 saturated carbocycles. The largest absolute Gasteiger partial charge is 0.399 e. The Bertz CT molecular complexity index is 727. The van der Waals surface area contributed by atoms with Crippen molar-refractivity contribution < 1.29 is 9.47 Å². The van der Waals surface area contributed by atoms with Gasteiger partial charge in [-0.3, -0.25) is 0 Å². The zero-order chi connectivity index (χ0) is 16.5. The second kappa shape index (κ2) is 6.46. The van der Waals surface area contributed by atoms with Crippen LogP contribution in [-0.2, 0) is 22.5 Å². The molecule has 1 fully saturated rings. The van der Waals surface area contributed by atoms with Gasteiger partial charge in [0.1, 0.15) is 0 Å². The highest BCUT2D eigenvalue weighted by Gasteiger charge is 2.25. The molecule has 126 valence electrons. The average Bonchev–Trinajstić information content (AvgIpc) is 2.62. The van der Waals surface area contributed by atoms with Gasteiger partial charge in [0.2, 0.25) is 0 Å². The number of ether oxygens (including phenoxy) is 2. The molecule has 0 spiro atoms. The summed E-state index contributed by atoms with van der Waals surface area (Å²) in [7, 11) is 0. The van der Waals surface area contributed by atoms with Gasteiger partial charge in [-0.2, -0.15) is 0 Å². The van der Waals surface area contributed by atoms with Crippen molar-refractivity contribution >= 4 is 11.4 Å². The first-order chi connectivity index (χ1) is 11.7. The van der Waals surface area contributed by atoms with Crippen LogP contribution in [0.3, 0.4) is 0 Å². The molecular formula is C20H24N2O2. The fraction of sp³-hybridized carbons (Fsp3) is 0.400. The van der Waals surface area contributed by atoms with Crippen LogP contribution >= 0.6 is 0 Å². The Labute approximate surface area is 143 Å². The smallest absolute Gasteiger partial charge is 0.0739 e. The van der Waals surface area contributed by atoms with Crippen molar-refractivity contribution in [2.45, 2.75) is 26.0 Å². The maximum absolute atomic E-state index is 5.84. The second-order valence-electron chi connectivity index (χ2n) is 6.67. The summed E-state index contributed by atoms with van der Waals surface area (Å²) in [5.74, 6) is 0. The number of morpholine rings is 1. The predicted molar refractivity (Wildman–Crippen MR) is 97.3 cm³/mol. The highest BCUT2D eigenvalue weighted by Crippen LogP contribution is 2.35. The molecule has 0 bridgehead atoms. The topological polar surface area (TPSA) is 47.7 Å². The molecule has 1 unspecified atom stereocenters. The van der Waals surface area contributed by atoms with Gasteiger partial charge in [-0.1, -0.05) is 18.2 Å². The molecule has 2 N–H and O–H groups in total. The molecule has 24 heavy (non-hydrogen) atoms. The number of nitrogens with two attached hydrogens (primary N) is 1. The van der Waals surface area contributed by atoms with Gasteiger partial charge in [-0.25, -0.2) is 0 Å². The van der Waals surface area contributed by atoms with E-state index in [2.05, 4.69) is 36.1 Å². The number of anilines is 2. The number of nitrogens with zero attached hydrogens (tertiary/aromatic N) is 1. The number of hydrogen-bond acceptors (Lipinski definition) is 4. The first-order valence-electron chi connectivity index (χ1n) is 8.66. The van der Waals surface area contributed by atoms with Gasteiger partial charge in [-0.05, 0) is 48.2 Å². The maximum Gasteiger partial charge on any atom is 0.0739 e. The van der Waals surface area contributed by atoms with Crippen LogP contribution in [0.1, 0.15) is 18.1 Å². The molecule has 1 saturated heterocycles. The molecule has 2 aromatic carbocycles. The molecule has 0 amide bonds. The predicted octanol–water partition coefficient (Wildman–Crippen LogP) is 3.23. The van der Waals surface area contributed by atoms with Crippen LogP contribution in [0.2, 0.25) is 0 Å². The van der Waals surface area contributed by atoms with Gasteiger partial charge in [0.05, 0.1) is 26.4 Å². The average molecular weight is 324 g/mol. The lowest BCUT2D eigenvalue weighted by molar-refractivity contribution is 0.0963. The summed E-state index contributed by atoms with van der Waals surface area (Å²) in [5, 5.41) is 0. The van der Waals surface area contributed by atoms with Crippen LogP contribution < -0.4 is 10.6 Å². The van der Waals surface area contributed by atoms with E-state index in [0.29, 0.717) is 12.6 Å². The standard InChI is InChI=1S/C20H24N2O2/c1-14-12-24-9-7-22(14)20-11-17(15-2-4-18(21)5-3-15)10-16-6-8-23-13-19(16)20/h2-5,10-11,14H,6-9,12-13,21H2,1H3. The Morgan fingerprint density at radius 3 is 2.67 bits per heavy atom. The van der Waals surface area contributed by atoms with Gasteiger partial charge >= 0.3 is 0 Å². The van der Waals surface area contributed by atoms with E-state index >= 15 is 0 Å². The Kier molecular flexibility index (Phi) is 4.17. The highest BCUT2D eigenvalue weighted by molar-refractivity contribution is 5.74. The molecule has 0 aromatic heterocycles. The Hall–Kier alpha value is -2.04. The summed E-state index contributed by atoms with van der Waals surface area (Å²) in [6.45, 7) is 6.23. The molecule has 2 aliphatic rings. The van der Waals surface area contributed by atoms with E-state index in [1.807, 2.05) is 12.1 Å². The van der Waals surface area contributed by atoms with Crippen LogP contribution in [0.4, 0.5) is 11.4 Å². The summed E-state index contributed by atoms with van der Waals surface area (Å²) < 4.78 is 11.4. The first-order valence-corrected chi connectivity index (χ1v) is 8.66. The summed E-state index contributed by atoms with van der Waals surface area (Å²) >= 11 is 0. The van der Waals surface area contributed by atoms with Gasteiger partial charge < -0.3 is 20.1 Å². The van der Waals surface area contributed by atoms with Gasteiger partial charge in [0.25, 0.3) is 0 Å². The molecule has 0 radical (unpaired) electrons. The monoisotopic (exact) mass is 324 g/mol. The van der Waals surface area contributed by atoms with Crippen molar-refractivity contribution in [2.75, 3.05) is 37.0 Å². The molecule has 4 nitrogen and oxygen atoms in total. The van der Waals surface area contributed by atoms with Gasteiger partial charge in [0.15, 0.2) is 0 Å². The summed E-state index contributed by atoms with van der Waals surface area (Å²) in [5.41, 5.74) is 13.2. The first kappa shape index (κ1) is 15.5. The van der Waals surface area contributed by atoms with E-state index in [4.69, 9.17) is 15.2 Å². The number of rotatable bonds is 2. The van der Waals surface area contributed by atoms with Crippen molar-refractivity contribution in [1.82, 2.24) is 0 Å². The SMILES string of the molecule is CC1COCCN1c1cc(-c2ccc(N)cc2)cc2c1COCC2. The van der Waals surface area contributed by atoms with E-state index < -0.39 is 0 Å². The Morgan fingerprint density at radius 2 is 1.88 bits per heavy atom. The van der Waals surface area contributed by atoms with Crippen molar-refractivity contribution in [3.8, 4) is 11.1 Å². The van der Waals surface area contributed by atoms with Crippen LogP contribution in [0.25, 0.3) is 11.1 Å². The lowest BCUT2D eigenvalue weighted by atomic mass is 9.93. The molecule has 2 aromatic rings. The lowest BCUT2D eigenvalue weighted by Crippen LogP contribution is -2.44. The summed E-state index contributed by atoms with van der Waals surface area (Å²) in [6, 6.07) is 13.1. The fourth-order valence-electron chi connectivity index (χ4n) is 3.64. The molecule has 4 rings (SSSR count). The minimum Gasteiger partial charge on any atom is -0.399 e. The quantitative estimate of drug-likeness (QED) is 0.862. The van der Waals surface area contributed by atoms with Gasteiger partial charge in [0, 0.05) is 29.5 Å². The summed E-state index contributed by atoms with van der Waals surface area (Å²) in [4.78, 5) is 2.47. The number of benzene rings is 2. The normalized spacial score (nSPS) is 20.7. The minimum atomic E-state index is 0.381. The van der Waals surface area contributed by atoms with E-state index in [1.54, 1.807) is 0 Å². The molecule has 2 heterocycles. The maximum atomic E-state index is 5.84. The van der Waals surface area contributed by atoms with E-state index in [0.717, 1.165) is 38.5 Å². The third kappa shape index (κ3) is 2.87. The molecular weight excluding hydrogens is 300 g/mol. The van der Waals surface area contributed by atoms with Crippen LogP contribution in [0.5, 0.6) is 0 Å². The van der Waals surface area contributed by atoms with E-state index in [9.17, 15) is 0 Å². The zero-order valence-electron chi connectivity index (χ0n) is 14.1. The third-order valence-corrected chi connectivity index (χ3v) is 5.00. The third-order valence-electron chi connectivity index (χ3n) is 5.00. The van der Waals surface area contributed by atoms with Crippen LogP contribution in [0.15, 0.2) is 36.4 Å². The van der Waals surface area contributed by atoms with Gasteiger partial charge in [-0.15, -0.1) is 0 Å². The zero-order valence-corrected chi connectivity index (χ0v) is 14.1. The molecule has 1 atom stereocenters. The Balaban J connectivity index is 1.81. The fourth-order valence-corrected chi connectivity index (χ4v) is 3.64. The van der Waals surface area contributed by atoms with Crippen LogP contribution in [0, 0.1) is 0 Å². The molecule has 2 aliphatic heterocycles. The molecule has 0 aliphatic carbocycles. The summed E-state index contributed by atoms with van der Waals surface area (Å²) in [6.07, 6.45) is 0.976. The van der Waals surface area contributed by atoms with Crippen molar-refractivity contribution in [3.05, 3.63) is 47.5 Å². The van der Waals surface area contributed by atoms with Crippen molar-refractivity contribution in [1.29, 1.82) is 0 Å². The molecule has 4 heteroatoms. The van der Waals surface area contributed by atoms with Crippen molar-refractivity contribution in [2.24, 2.45) is 0 Å². The number of fused-ring (bicyclic) bond motifs is 1.